The first-order valence-electron chi connectivity index (χ1n) is 7.93. The van der Waals surface area contributed by atoms with Gasteiger partial charge in [0.1, 0.15) is 17.3 Å². The summed E-state index contributed by atoms with van der Waals surface area (Å²) in [6, 6.07) is 7.92. The predicted octanol–water partition coefficient (Wildman–Crippen LogP) is 4.16. The Kier molecular flexibility index (Phi) is 5.48. The Morgan fingerprint density at radius 3 is 2.57 bits per heavy atom. The van der Waals surface area contributed by atoms with E-state index in [0.29, 0.717) is 13.0 Å². The normalized spacial score (nSPS) is 12.0. The number of rotatable bonds is 6. The average molecular weight is 315 g/mol. The van der Waals surface area contributed by atoms with Gasteiger partial charge in [0.2, 0.25) is 5.91 Å². The SMILES string of the molecule is Cc1ccc(OCCC(=O)NC(C)c2cc(C)oc2C)c(C)c1. The second-order valence-electron chi connectivity index (χ2n) is 6.03. The number of hydrogen-bond acceptors (Lipinski definition) is 3. The molecule has 1 aromatic heterocycles. The summed E-state index contributed by atoms with van der Waals surface area (Å²) in [5, 5.41) is 2.98. The van der Waals surface area contributed by atoms with Crippen LogP contribution in [0.3, 0.4) is 0 Å². The molecule has 4 nitrogen and oxygen atoms in total. The van der Waals surface area contributed by atoms with Gasteiger partial charge in [0.15, 0.2) is 0 Å². The van der Waals surface area contributed by atoms with Crippen LogP contribution in [0.25, 0.3) is 0 Å². The van der Waals surface area contributed by atoms with E-state index in [1.165, 1.54) is 5.56 Å². The number of aryl methyl sites for hydroxylation is 4. The van der Waals surface area contributed by atoms with Crippen LogP contribution in [0.4, 0.5) is 0 Å². The maximum Gasteiger partial charge on any atom is 0.223 e. The minimum absolute atomic E-state index is 0.0273. The van der Waals surface area contributed by atoms with Crippen molar-refractivity contribution in [1.82, 2.24) is 5.32 Å². The van der Waals surface area contributed by atoms with Gasteiger partial charge in [0, 0.05) is 5.56 Å². The van der Waals surface area contributed by atoms with Crippen molar-refractivity contribution in [1.29, 1.82) is 0 Å². The first-order valence-corrected chi connectivity index (χ1v) is 7.93. The average Bonchev–Trinajstić information content (AvgIpc) is 2.80. The number of furan rings is 1. The summed E-state index contributed by atoms with van der Waals surface area (Å²) < 4.78 is 11.2. The molecule has 0 fully saturated rings. The third kappa shape index (κ3) is 4.62. The molecule has 0 aliphatic rings. The van der Waals surface area contributed by atoms with E-state index in [0.717, 1.165) is 28.4 Å². The van der Waals surface area contributed by atoms with Crippen LogP contribution in [-0.4, -0.2) is 12.5 Å². The van der Waals surface area contributed by atoms with E-state index >= 15 is 0 Å². The first kappa shape index (κ1) is 17.1. The summed E-state index contributed by atoms with van der Waals surface area (Å²) in [6.07, 6.45) is 0.327. The van der Waals surface area contributed by atoms with Gasteiger partial charge in [-0.1, -0.05) is 17.7 Å². The molecule has 1 atom stereocenters. The zero-order valence-corrected chi connectivity index (χ0v) is 14.5. The molecule has 124 valence electrons. The lowest BCUT2D eigenvalue weighted by molar-refractivity contribution is -0.122. The highest BCUT2D eigenvalue weighted by Gasteiger charge is 2.15. The van der Waals surface area contributed by atoms with Crippen LogP contribution in [0, 0.1) is 27.7 Å². The fraction of sp³-hybridized carbons (Fsp3) is 0.421. The summed E-state index contributed by atoms with van der Waals surface area (Å²) >= 11 is 0. The molecule has 2 aromatic rings. The van der Waals surface area contributed by atoms with Gasteiger partial charge in [0.05, 0.1) is 19.1 Å². The second-order valence-corrected chi connectivity index (χ2v) is 6.03. The minimum Gasteiger partial charge on any atom is -0.493 e. The Morgan fingerprint density at radius 1 is 1.22 bits per heavy atom. The molecule has 1 heterocycles. The Morgan fingerprint density at radius 2 is 1.96 bits per heavy atom. The van der Waals surface area contributed by atoms with Crippen molar-refractivity contribution < 1.29 is 13.9 Å². The quantitative estimate of drug-likeness (QED) is 0.871. The van der Waals surface area contributed by atoms with Crippen LogP contribution in [0.5, 0.6) is 5.75 Å². The summed E-state index contributed by atoms with van der Waals surface area (Å²) in [5.41, 5.74) is 3.31. The van der Waals surface area contributed by atoms with Crippen molar-refractivity contribution in [2.75, 3.05) is 6.61 Å². The third-order valence-electron chi connectivity index (χ3n) is 3.84. The van der Waals surface area contributed by atoms with Crippen molar-refractivity contribution >= 4 is 5.91 Å². The lowest BCUT2D eigenvalue weighted by atomic mass is 10.1. The Hall–Kier alpha value is -2.23. The molecule has 0 radical (unpaired) electrons. The fourth-order valence-corrected chi connectivity index (χ4v) is 2.69. The molecule has 0 saturated carbocycles. The molecule has 0 spiro atoms. The second kappa shape index (κ2) is 7.36. The summed E-state index contributed by atoms with van der Waals surface area (Å²) in [5.74, 6) is 2.51. The summed E-state index contributed by atoms with van der Waals surface area (Å²) in [6.45, 7) is 10.2. The molecule has 1 unspecified atom stereocenters. The molecular weight excluding hydrogens is 290 g/mol. The smallest absolute Gasteiger partial charge is 0.223 e. The van der Waals surface area contributed by atoms with Crippen molar-refractivity contribution in [3.63, 3.8) is 0 Å². The van der Waals surface area contributed by atoms with Crippen molar-refractivity contribution in [3.8, 4) is 5.75 Å². The van der Waals surface area contributed by atoms with Gasteiger partial charge in [-0.3, -0.25) is 4.79 Å². The standard InChI is InChI=1S/C19H25NO3/c1-12-6-7-18(13(2)10-12)22-9-8-19(21)20-15(4)17-11-14(3)23-16(17)5/h6-7,10-11,15H,8-9H2,1-5H3,(H,20,21). The van der Waals surface area contributed by atoms with Crippen molar-refractivity contribution in [3.05, 3.63) is 52.5 Å². The molecule has 0 aliphatic carbocycles. The van der Waals surface area contributed by atoms with Gasteiger partial charge in [0.25, 0.3) is 0 Å². The number of ether oxygens (including phenoxy) is 1. The highest BCUT2D eigenvalue weighted by atomic mass is 16.5. The van der Waals surface area contributed by atoms with E-state index in [2.05, 4.69) is 11.4 Å². The van der Waals surface area contributed by atoms with Gasteiger partial charge < -0.3 is 14.5 Å². The number of benzene rings is 1. The van der Waals surface area contributed by atoms with Crippen LogP contribution in [-0.2, 0) is 4.79 Å². The molecule has 1 aromatic carbocycles. The van der Waals surface area contributed by atoms with Crippen LogP contribution in [0.2, 0.25) is 0 Å². The molecule has 0 saturated heterocycles. The van der Waals surface area contributed by atoms with E-state index in [1.54, 1.807) is 0 Å². The van der Waals surface area contributed by atoms with Gasteiger partial charge in [-0.15, -0.1) is 0 Å². The van der Waals surface area contributed by atoms with E-state index in [-0.39, 0.29) is 11.9 Å². The van der Waals surface area contributed by atoms with Crippen molar-refractivity contribution in [2.24, 2.45) is 0 Å². The van der Waals surface area contributed by atoms with E-state index in [9.17, 15) is 4.79 Å². The minimum atomic E-state index is -0.0685. The molecule has 4 heteroatoms. The first-order chi connectivity index (χ1) is 10.9. The fourth-order valence-electron chi connectivity index (χ4n) is 2.69. The summed E-state index contributed by atoms with van der Waals surface area (Å²) in [7, 11) is 0. The molecule has 1 amide bonds. The number of amides is 1. The number of hydrogen-bond donors (Lipinski definition) is 1. The Bertz CT molecular complexity index is 688. The third-order valence-corrected chi connectivity index (χ3v) is 3.84. The highest BCUT2D eigenvalue weighted by molar-refractivity contribution is 5.76. The summed E-state index contributed by atoms with van der Waals surface area (Å²) in [4.78, 5) is 12.1. The monoisotopic (exact) mass is 315 g/mol. The van der Waals surface area contributed by atoms with Gasteiger partial charge in [-0.05, 0) is 52.3 Å². The Labute approximate surface area is 137 Å². The van der Waals surface area contributed by atoms with Gasteiger partial charge >= 0.3 is 0 Å². The number of carbonyl (C=O) groups is 1. The van der Waals surface area contributed by atoms with E-state index < -0.39 is 0 Å². The molecule has 23 heavy (non-hydrogen) atoms. The highest BCUT2D eigenvalue weighted by Crippen LogP contribution is 2.21. The molecule has 2 rings (SSSR count). The van der Waals surface area contributed by atoms with Crippen LogP contribution >= 0.6 is 0 Å². The predicted molar refractivity (Wildman–Crippen MR) is 90.8 cm³/mol. The zero-order valence-electron chi connectivity index (χ0n) is 14.5. The molecular formula is C19H25NO3. The molecule has 0 aliphatic heterocycles. The zero-order chi connectivity index (χ0) is 17.0. The van der Waals surface area contributed by atoms with Gasteiger partial charge in [-0.2, -0.15) is 0 Å². The van der Waals surface area contributed by atoms with E-state index in [1.807, 2.05) is 52.8 Å². The van der Waals surface area contributed by atoms with E-state index in [4.69, 9.17) is 9.15 Å². The maximum atomic E-state index is 12.1. The lowest BCUT2D eigenvalue weighted by Gasteiger charge is -2.14. The number of nitrogens with one attached hydrogen (secondary N) is 1. The lowest BCUT2D eigenvalue weighted by Crippen LogP contribution is -2.28. The number of carbonyl (C=O) groups excluding carboxylic acids is 1. The topological polar surface area (TPSA) is 51.5 Å². The molecule has 0 bridgehead atoms. The maximum absolute atomic E-state index is 12.1. The van der Waals surface area contributed by atoms with Crippen LogP contribution < -0.4 is 10.1 Å². The van der Waals surface area contributed by atoms with Crippen LogP contribution in [0.15, 0.2) is 28.7 Å². The van der Waals surface area contributed by atoms with Gasteiger partial charge in [-0.25, -0.2) is 0 Å². The molecule has 1 N–H and O–H groups in total. The largest absolute Gasteiger partial charge is 0.493 e. The Balaban J connectivity index is 1.82. The van der Waals surface area contributed by atoms with Crippen molar-refractivity contribution in [2.45, 2.75) is 47.1 Å². The van der Waals surface area contributed by atoms with Crippen LogP contribution in [0.1, 0.15) is 47.6 Å².